The molecule has 1 aliphatic heterocycles. The Morgan fingerprint density at radius 1 is 1.29 bits per heavy atom. The summed E-state index contributed by atoms with van der Waals surface area (Å²) in [5.74, 6) is -0.511. The summed E-state index contributed by atoms with van der Waals surface area (Å²) in [5.41, 5.74) is 3.23. The number of ether oxygens (including phenoxy) is 1. The minimum atomic E-state index is -0.255. The zero-order valence-electron chi connectivity index (χ0n) is 12.4. The lowest BCUT2D eigenvalue weighted by Gasteiger charge is -2.28. The second kappa shape index (κ2) is 7.19. The quantitative estimate of drug-likeness (QED) is 0.578. The van der Waals surface area contributed by atoms with Crippen LogP contribution in [0.5, 0.6) is 0 Å². The van der Waals surface area contributed by atoms with Gasteiger partial charge in [0.25, 0.3) is 0 Å². The topological polar surface area (TPSA) is 70.7 Å². The van der Waals surface area contributed by atoms with Gasteiger partial charge in [0.05, 0.1) is 19.7 Å². The molecule has 0 saturated carbocycles. The highest BCUT2D eigenvalue weighted by atomic mass is 16.5. The molecule has 0 radical (unpaired) electrons. The Morgan fingerprint density at radius 2 is 2.00 bits per heavy atom. The molecular formula is C15H21N3O3. The van der Waals surface area contributed by atoms with Crippen LogP contribution in [0, 0.1) is 6.92 Å². The van der Waals surface area contributed by atoms with Gasteiger partial charge in [-0.15, -0.1) is 0 Å². The summed E-state index contributed by atoms with van der Waals surface area (Å²) in [7, 11) is 1.68. The molecule has 114 valence electrons. The molecule has 0 bridgehead atoms. The summed E-state index contributed by atoms with van der Waals surface area (Å²) in [6, 6.07) is 5.99. The highest BCUT2D eigenvalue weighted by molar-refractivity contribution is 6.02. The van der Waals surface area contributed by atoms with E-state index < -0.39 is 0 Å². The monoisotopic (exact) mass is 291 g/mol. The van der Waals surface area contributed by atoms with Gasteiger partial charge in [-0.3, -0.25) is 14.9 Å². The first-order chi connectivity index (χ1) is 10.1. The van der Waals surface area contributed by atoms with Crippen molar-refractivity contribution < 1.29 is 14.3 Å². The predicted octanol–water partition coefficient (Wildman–Crippen LogP) is 0.194. The van der Waals surface area contributed by atoms with Crippen LogP contribution in [0.3, 0.4) is 0 Å². The second-order valence-corrected chi connectivity index (χ2v) is 5.11. The van der Waals surface area contributed by atoms with E-state index in [9.17, 15) is 9.59 Å². The van der Waals surface area contributed by atoms with Crippen molar-refractivity contribution in [2.75, 3.05) is 38.3 Å². The summed E-state index contributed by atoms with van der Waals surface area (Å²) in [5, 5.41) is 5.60. The van der Waals surface area contributed by atoms with Gasteiger partial charge in [-0.25, -0.2) is 0 Å². The van der Waals surface area contributed by atoms with Gasteiger partial charge in [0.2, 0.25) is 11.8 Å². The van der Waals surface area contributed by atoms with Crippen LogP contribution in [0.25, 0.3) is 0 Å². The maximum atomic E-state index is 11.4. The molecule has 0 aliphatic carbocycles. The fourth-order valence-electron chi connectivity index (χ4n) is 2.29. The number of imide groups is 1. The molecule has 6 heteroatoms. The fraction of sp³-hybridized carbons (Fsp3) is 0.467. The van der Waals surface area contributed by atoms with Gasteiger partial charge in [-0.2, -0.15) is 0 Å². The van der Waals surface area contributed by atoms with Crippen molar-refractivity contribution in [3.05, 3.63) is 29.3 Å². The summed E-state index contributed by atoms with van der Waals surface area (Å²) in [4.78, 5) is 24.6. The number of carbonyl (C=O) groups excluding carboxylic acids is 2. The highest BCUT2D eigenvalue weighted by Gasteiger charge is 2.22. The van der Waals surface area contributed by atoms with Gasteiger partial charge in [-0.05, 0) is 30.2 Å². The molecule has 2 amide bonds. The Kier molecular flexibility index (Phi) is 5.30. The number of hydrogen-bond acceptors (Lipinski definition) is 5. The molecule has 6 nitrogen and oxygen atoms in total. The number of methoxy groups -OCH3 is 1. The maximum absolute atomic E-state index is 11.4. The molecule has 2 N–H and O–H groups in total. The van der Waals surface area contributed by atoms with Crippen molar-refractivity contribution in [3.8, 4) is 0 Å². The number of hydrogen-bond donors (Lipinski definition) is 2. The van der Waals surface area contributed by atoms with E-state index in [1.54, 1.807) is 12.0 Å². The van der Waals surface area contributed by atoms with Gasteiger partial charge < -0.3 is 15.0 Å². The number of rotatable bonds is 6. The van der Waals surface area contributed by atoms with Crippen molar-refractivity contribution in [1.29, 1.82) is 0 Å². The number of amides is 2. The molecule has 1 aromatic carbocycles. The van der Waals surface area contributed by atoms with Crippen molar-refractivity contribution >= 4 is 17.5 Å². The van der Waals surface area contributed by atoms with Gasteiger partial charge >= 0.3 is 0 Å². The molecule has 0 atom stereocenters. The van der Waals surface area contributed by atoms with E-state index in [0.29, 0.717) is 6.61 Å². The first-order valence-electron chi connectivity index (χ1n) is 6.97. The number of carbonyl (C=O) groups is 2. The van der Waals surface area contributed by atoms with Crippen LogP contribution in [0.2, 0.25) is 0 Å². The third-order valence-corrected chi connectivity index (χ3v) is 3.44. The molecule has 0 unspecified atom stereocenters. The minimum absolute atomic E-state index is 0.219. The number of aryl methyl sites for hydroxylation is 1. The summed E-state index contributed by atoms with van der Waals surface area (Å²) >= 11 is 0. The fourth-order valence-corrected chi connectivity index (χ4v) is 2.29. The minimum Gasteiger partial charge on any atom is -0.383 e. The number of nitrogens with zero attached hydrogens (tertiary/aromatic N) is 1. The van der Waals surface area contributed by atoms with Crippen LogP contribution in [0.4, 0.5) is 5.69 Å². The number of nitrogens with one attached hydrogen (secondary N) is 2. The Bertz CT molecular complexity index is 515. The largest absolute Gasteiger partial charge is 0.383 e. The first-order valence-corrected chi connectivity index (χ1v) is 6.97. The first kappa shape index (κ1) is 15.5. The molecule has 1 fully saturated rings. The van der Waals surface area contributed by atoms with Crippen LogP contribution < -0.4 is 15.5 Å². The van der Waals surface area contributed by atoms with Crippen molar-refractivity contribution in [3.63, 3.8) is 0 Å². The molecule has 1 aromatic rings. The molecule has 1 saturated heterocycles. The highest BCUT2D eigenvalue weighted by Crippen LogP contribution is 2.20. The van der Waals surface area contributed by atoms with Gasteiger partial charge in [-0.1, -0.05) is 6.07 Å². The maximum Gasteiger partial charge on any atom is 0.246 e. The number of benzene rings is 1. The molecule has 1 heterocycles. The van der Waals surface area contributed by atoms with Crippen molar-refractivity contribution in [2.24, 2.45) is 0 Å². The lowest BCUT2D eigenvalue weighted by atomic mass is 10.1. The zero-order chi connectivity index (χ0) is 15.2. The van der Waals surface area contributed by atoms with Crippen molar-refractivity contribution in [1.82, 2.24) is 10.6 Å². The van der Waals surface area contributed by atoms with E-state index in [2.05, 4.69) is 10.6 Å². The molecular weight excluding hydrogens is 270 g/mol. The van der Waals surface area contributed by atoms with E-state index in [4.69, 9.17) is 4.74 Å². The molecule has 1 aliphatic rings. The van der Waals surface area contributed by atoms with Gasteiger partial charge in [0.15, 0.2) is 0 Å². The van der Waals surface area contributed by atoms with Gasteiger partial charge in [0, 0.05) is 25.9 Å². The van der Waals surface area contributed by atoms with E-state index in [1.165, 1.54) is 5.56 Å². The van der Waals surface area contributed by atoms with Crippen molar-refractivity contribution in [2.45, 2.75) is 13.5 Å². The van der Waals surface area contributed by atoms with Crippen LogP contribution in [-0.4, -0.2) is 45.2 Å². The van der Waals surface area contributed by atoms with Crippen LogP contribution >= 0.6 is 0 Å². The lowest BCUT2D eigenvalue weighted by Crippen LogP contribution is -2.51. The lowest BCUT2D eigenvalue weighted by molar-refractivity contribution is -0.130. The van der Waals surface area contributed by atoms with Crippen LogP contribution in [-0.2, 0) is 20.9 Å². The average Bonchev–Trinajstić information content (AvgIpc) is 2.44. The Hall–Kier alpha value is -1.92. The molecule has 0 spiro atoms. The SMILES string of the molecule is COCCNCc1ccc(N2CC(=O)NC(=O)C2)cc1C. The Labute approximate surface area is 124 Å². The Morgan fingerprint density at radius 3 is 2.62 bits per heavy atom. The van der Waals surface area contributed by atoms with Crippen LogP contribution in [0.1, 0.15) is 11.1 Å². The molecule has 21 heavy (non-hydrogen) atoms. The predicted molar refractivity (Wildman–Crippen MR) is 80.1 cm³/mol. The van der Waals surface area contributed by atoms with Crippen LogP contribution in [0.15, 0.2) is 18.2 Å². The summed E-state index contributed by atoms with van der Waals surface area (Å²) in [6.45, 7) is 4.73. The summed E-state index contributed by atoms with van der Waals surface area (Å²) < 4.78 is 4.99. The smallest absolute Gasteiger partial charge is 0.246 e. The average molecular weight is 291 g/mol. The zero-order valence-corrected chi connectivity index (χ0v) is 12.4. The summed E-state index contributed by atoms with van der Waals surface area (Å²) in [6.07, 6.45) is 0. The number of anilines is 1. The van der Waals surface area contributed by atoms with E-state index in [0.717, 1.165) is 24.3 Å². The molecule has 0 aromatic heterocycles. The Balaban J connectivity index is 2.01. The second-order valence-electron chi connectivity index (χ2n) is 5.11. The van der Waals surface area contributed by atoms with E-state index in [-0.39, 0.29) is 24.9 Å². The number of piperazine rings is 1. The van der Waals surface area contributed by atoms with E-state index >= 15 is 0 Å². The normalized spacial score (nSPS) is 15.2. The third-order valence-electron chi connectivity index (χ3n) is 3.44. The van der Waals surface area contributed by atoms with E-state index in [1.807, 2.05) is 25.1 Å². The molecule has 2 rings (SSSR count). The van der Waals surface area contributed by atoms with Gasteiger partial charge in [0.1, 0.15) is 0 Å². The third kappa shape index (κ3) is 4.27. The standard InChI is InChI=1S/C15H21N3O3/c1-11-7-13(18-9-14(19)17-15(20)10-18)4-3-12(11)8-16-5-6-21-2/h3-4,7,16H,5-6,8-10H2,1-2H3,(H,17,19,20).